The molecule has 2 fully saturated rings. The average Bonchev–Trinajstić information content (AvgIpc) is 2.97. The van der Waals surface area contributed by atoms with E-state index in [2.05, 4.69) is 37.9 Å². The molecule has 0 aromatic rings. The van der Waals surface area contributed by atoms with Gasteiger partial charge in [-0.1, -0.05) is 27.7 Å². The summed E-state index contributed by atoms with van der Waals surface area (Å²) in [6, 6.07) is 0.0394. The Hall–Kier alpha value is -0.570. The van der Waals surface area contributed by atoms with Crippen LogP contribution in [0.15, 0.2) is 0 Å². The molecule has 3 heteroatoms. The predicted molar refractivity (Wildman–Crippen MR) is 69.4 cm³/mol. The summed E-state index contributed by atoms with van der Waals surface area (Å²) in [6.07, 6.45) is 3.96. The highest BCUT2D eigenvalue weighted by atomic mass is 16.2. The summed E-state index contributed by atoms with van der Waals surface area (Å²) < 4.78 is 0. The van der Waals surface area contributed by atoms with E-state index < -0.39 is 0 Å². The van der Waals surface area contributed by atoms with Crippen molar-refractivity contribution in [3.63, 3.8) is 0 Å². The standard InChI is InChI=1S/C14H26N2O/c1-9(2)7-12-15-13(10(3)4)14(17)16(12)8-11-5-6-11/h9-13,15H,5-8H2,1-4H3. The zero-order valence-electron chi connectivity index (χ0n) is 11.6. The molecule has 1 amide bonds. The van der Waals surface area contributed by atoms with Crippen LogP contribution < -0.4 is 5.32 Å². The van der Waals surface area contributed by atoms with Crippen molar-refractivity contribution in [3.05, 3.63) is 0 Å². The molecule has 2 aliphatic rings. The second-order valence-electron chi connectivity index (χ2n) is 6.47. The van der Waals surface area contributed by atoms with E-state index in [0.717, 1.165) is 18.9 Å². The van der Waals surface area contributed by atoms with Gasteiger partial charge in [0.1, 0.15) is 0 Å². The minimum Gasteiger partial charge on any atom is -0.326 e. The van der Waals surface area contributed by atoms with Gasteiger partial charge in [-0.25, -0.2) is 0 Å². The van der Waals surface area contributed by atoms with Gasteiger partial charge in [0.25, 0.3) is 0 Å². The van der Waals surface area contributed by atoms with Crippen molar-refractivity contribution in [2.75, 3.05) is 6.54 Å². The van der Waals surface area contributed by atoms with Crippen LogP contribution >= 0.6 is 0 Å². The Balaban J connectivity index is 2.03. The molecule has 98 valence electrons. The van der Waals surface area contributed by atoms with Crippen LogP contribution in [0, 0.1) is 17.8 Å². The molecule has 1 aliphatic carbocycles. The first-order valence-electron chi connectivity index (χ1n) is 7.05. The van der Waals surface area contributed by atoms with Crippen molar-refractivity contribution >= 4 is 5.91 Å². The first kappa shape index (κ1) is 12.9. The predicted octanol–water partition coefficient (Wildman–Crippen LogP) is 2.22. The number of nitrogens with zero attached hydrogens (tertiary/aromatic N) is 1. The normalized spacial score (nSPS) is 29.8. The van der Waals surface area contributed by atoms with Gasteiger partial charge in [0.05, 0.1) is 12.2 Å². The number of hydrogen-bond acceptors (Lipinski definition) is 2. The van der Waals surface area contributed by atoms with Gasteiger partial charge in [-0.15, -0.1) is 0 Å². The minimum absolute atomic E-state index is 0.0394. The van der Waals surface area contributed by atoms with E-state index in [0.29, 0.717) is 17.7 Å². The van der Waals surface area contributed by atoms with E-state index in [9.17, 15) is 4.79 Å². The molecule has 2 atom stereocenters. The Labute approximate surface area is 105 Å². The molecule has 2 unspecified atom stereocenters. The molecule has 1 N–H and O–H groups in total. The molecule has 1 saturated heterocycles. The van der Waals surface area contributed by atoms with Crippen LogP contribution in [-0.4, -0.2) is 29.6 Å². The van der Waals surface area contributed by atoms with Crippen molar-refractivity contribution in [2.45, 2.75) is 59.2 Å². The Kier molecular flexibility index (Phi) is 3.76. The third-order valence-corrected chi connectivity index (χ3v) is 3.81. The van der Waals surface area contributed by atoms with Crippen LogP contribution in [0.25, 0.3) is 0 Å². The highest BCUT2D eigenvalue weighted by Gasteiger charge is 2.42. The Bertz CT molecular complexity index is 284. The van der Waals surface area contributed by atoms with Gasteiger partial charge >= 0.3 is 0 Å². The molecule has 0 spiro atoms. The van der Waals surface area contributed by atoms with E-state index in [-0.39, 0.29) is 12.2 Å². The molecule has 0 bridgehead atoms. The van der Waals surface area contributed by atoms with Crippen molar-refractivity contribution in [3.8, 4) is 0 Å². The molecule has 1 saturated carbocycles. The summed E-state index contributed by atoms with van der Waals surface area (Å²) in [5, 5.41) is 3.53. The maximum Gasteiger partial charge on any atom is 0.241 e. The summed E-state index contributed by atoms with van der Waals surface area (Å²) in [6.45, 7) is 9.69. The molecule has 0 radical (unpaired) electrons. The van der Waals surface area contributed by atoms with Gasteiger partial charge in [0.15, 0.2) is 0 Å². The van der Waals surface area contributed by atoms with Gasteiger partial charge in [-0.05, 0) is 37.0 Å². The number of nitrogens with one attached hydrogen (secondary N) is 1. The van der Waals surface area contributed by atoms with Crippen LogP contribution in [0.4, 0.5) is 0 Å². The lowest BCUT2D eigenvalue weighted by atomic mass is 10.0. The van der Waals surface area contributed by atoms with Crippen molar-refractivity contribution in [2.24, 2.45) is 17.8 Å². The molecule has 3 nitrogen and oxygen atoms in total. The third-order valence-electron chi connectivity index (χ3n) is 3.81. The van der Waals surface area contributed by atoms with E-state index in [4.69, 9.17) is 0 Å². The van der Waals surface area contributed by atoms with Crippen molar-refractivity contribution < 1.29 is 4.79 Å². The number of carbonyl (C=O) groups is 1. The maximum absolute atomic E-state index is 12.4. The summed E-state index contributed by atoms with van der Waals surface area (Å²) >= 11 is 0. The van der Waals surface area contributed by atoms with Gasteiger partial charge in [0.2, 0.25) is 5.91 Å². The lowest BCUT2D eigenvalue weighted by Gasteiger charge is -2.25. The Morgan fingerprint density at radius 1 is 1.29 bits per heavy atom. The first-order chi connectivity index (χ1) is 7.99. The van der Waals surface area contributed by atoms with E-state index in [1.165, 1.54) is 12.8 Å². The Morgan fingerprint density at radius 2 is 1.94 bits per heavy atom. The zero-order chi connectivity index (χ0) is 12.6. The first-order valence-corrected chi connectivity index (χ1v) is 7.05. The van der Waals surface area contributed by atoms with E-state index in [1.807, 2.05) is 0 Å². The highest BCUT2D eigenvalue weighted by Crippen LogP contribution is 2.32. The summed E-state index contributed by atoms with van der Waals surface area (Å²) in [5.74, 6) is 2.13. The van der Waals surface area contributed by atoms with Crippen LogP contribution in [0.1, 0.15) is 47.0 Å². The zero-order valence-corrected chi connectivity index (χ0v) is 11.6. The largest absolute Gasteiger partial charge is 0.326 e. The second-order valence-corrected chi connectivity index (χ2v) is 6.47. The number of hydrogen-bond donors (Lipinski definition) is 1. The van der Waals surface area contributed by atoms with E-state index in [1.54, 1.807) is 0 Å². The minimum atomic E-state index is 0.0394. The third kappa shape index (κ3) is 3.01. The monoisotopic (exact) mass is 238 g/mol. The molecule has 1 heterocycles. The molecule has 1 aliphatic heterocycles. The van der Waals surface area contributed by atoms with Gasteiger partial charge < -0.3 is 4.90 Å². The summed E-state index contributed by atoms with van der Waals surface area (Å²) in [5.41, 5.74) is 0. The van der Waals surface area contributed by atoms with Gasteiger partial charge in [-0.3, -0.25) is 10.1 Å². The number of carbonyl (C=O) groups excluding carboxylic acids is 1. The fourth-order valence-electron chi connectivity index (χ4n) is 2.62. The maximum atomic E-state index is 12.4. The van der Waals surface area contributed by atoms with Crippen LogP contribution in [0.5, 0.6) is 0 Å². The Morgan fingerprint density at radius 3 is 2.41 bits per heavy atom. The van der Waals surface area contributed by atoms with Crippen LogP contribution in [-0.2, 0) is 4.79 Å². The molecular weight excluding hydrogens is 212 g/mol. The summed E-state index contributed by atoms with van der Waals surface area (Å²) in [4.78, 5) is 14.5. The van der Waals surface area contributed by atoms with E-state index >= 15 is 0 Å². The lowest BCUT2D eigenvalue weighted by Crippen LogP contribution is -2.39. The smallest absolute Gasteiger partial charge is 0.241 e. The molecule has 17 heavy (non-hydrogen) atoms. The van der Waals surface area contributed by atoms with Gasteiger partial charge in [-0.2, -0.15) is 0 Å². The number of amides is 1. The lowest BCUT2D eigenvalue weighted by molar-refractivity contribution is -0.131. The highest BCUT2D eigenvalue weighted by molar-refractivity contribution is 5.84. The molecular formula is C14H26N2O. The van der Waals surface area contributed by atoms with Gasteiger partial charge in [0, 0.05) is 6.54 Å². The van der Waals surface area contributed by atoms with Crippen LogP contribution in [0.3, 0.4) is 0 Å². The van der Waals surface area contributed by atoms with Crippen molar-refractivity contribution in [1.29, 1.82) is 0 Å². The fourth-order valence-corrected chi connectivity index (χ4v) is 2.62. The molecule has 0 aromatic carbocycles. The average molecular weight is 238 g/mol. The topological polar surface area (TPSA) is 32.3 Å². The summed E-state index contributed by atoms with van der Waals surface area (Å²) in [7, 11) is 0. The number of rotatable bonds is 5. The molecule has 2 rings (SSSR count). The van der Waals surface area contributed by atoms with Crippen LogP contribution in [0.2, 0.25) is 0 Å². The van der Waals surface area contributed by atoms with Crippen molar-refractivity contribution in [1.82, 2.24) is 10.2 Å². The SMILES string of the molecule is CC(C)CC1NC(C(C)C)C(=O)N1CC1CC1. The fraction of sp³-hybridized carbons (Fsp3) is 0.929. The quantitative estimate of drug-likeness (QED) is 0.796. The second kappa shape index (κ2) is 4.97. The molecule has 0 aromatic heterocycles.